The van der Waals surface area contributed by atoms with Crippen LogP contribution in [0.25, 0.3) is 0 Å². The van der Waals surface area contributed by atoms with Crippen LogP contribution in [0, 0.1) is 5.92 Å². The van der Waals surface area contributed by atoms with Gasteiger partial charge in [-0.1, -0.05) is 52.8 Å². The van der Waals surface area contributed by atoms with Gasteiger partial charge >= 0.3 is 47.6 Å². The van der Waals surface area contributed by atoms with Crippen LogP contribution in [0.5, 0.6) is 5.75 Å². The molecule has 1 amide bonds. The van der Waals surface area contributed by atoms with Gasteiger partial charge in [0, 0.05) is 18.4 Å². The molecule has 1 rings (SSSR count). The second-order valence-corrected chi connectivity index (χ2v) is 17.8. The van der Waals surface area contributed by atoms with Gasteiger partial charge in [0.25, 0.3) is 5.91 Å². The first-order chi connectivity index (χ1) is 24.1. The normalized spacial score (nSPS) is 16.0. The van der Waals surface area contributed by atoms with Crippen LogP contribution < -0.4 is 10.2 Å². The standard InChI is InChI=1S/C30H36F17NO5Si/c1-16(2)54(17(3)4,53-14-13-52-20-9-7-19(8-10-20)22(50)18(5)6-11-21(49)48-51)15-12-23(31,32)24(33,34)25(35,36)26(37,38)27(39,40)28(41,42)29(43,44)30(45,46)47/h6-11,16-18,22,50-51H,12-15H2,1-5H3,(H,48,49)/b11-6+/t18-,22-/m0/s1. The SMILES string of the molecule is CC(C)[Si](CCC(F)(F)C(F)(F)C(F)(F)C(F)(F)C(F)(F)C(F)(F)C(F)(F)C(F)(F)F)(OCCOc1ccc([C@@H](O)[C@@H](C)/C=C/C(=O)NO)cc1)C(C)C. The molecule has 6 nitrogen and oxygen atoms in total. The molecule has 0 unspecified atom stereocenters. The quantitative estimate of drug-likeness (QED) is 0.0304. The Morgan fingerprint density at radius 3 is 1.54 bits per heavy atom. The molecule has 1 aromatic rings. The van der Waals surface area contributed by atoms with Crippen molar-refractivity contribution in [1.29, 1.82) is 0 Å². The monoisotopic (exact) mass is 841 g/mol. The summed E-state index contributed by atoms with van der Waals surface area (Å²) in [4.78, 5) is 11.1. The van der Waals surface area contributed by atoms with Crippen molar-refractivity contribution in [3.63, 3.8) is 0 Å². The number of hydroxylamine groups is 1. The fraction of sp³-hybridized carbons (Fsp3) is 0.700. The number of ether oxygens (including phenoxy) is 1. The molecule has 314 valence electrons. The Bertz CT molecular complexity index is 1410. The van der Waals surface area contributed by atoms with Gasteiger partial charge in [-0.05, 0) is 34.8 Å². The molecule has 0 spiro atoms. The van der Waals surface area contributed by atoms with Gasteiger partial charge in [0.15, 0.2) is 8.32 Å². The smallest absolute Gasteiger partial charge is 0.460 e. The molecular formula is C30H36F17NO5Si. The molecule has 0 bridgehead atoms. The highest BCUT2D eigenvalue weighted by Crippen LogP contribution is 2.64. The molecule has 0 saturated carbocycles. The lowest BCUT2D eigenvalue weighted by atomic mass is 9.88. The van der Waals surface area contributed by atoms with Crippen molar-refractivity contribution in [1.82, 2.24) is 5.48 Å². The number of halogens is 17. The summed E-state index contributed by atoms with van der Waals surface area (Å²) in [6.07, 6.45) is -9.26. The van der Waals surface area contributed by atoms with Gasteiger partial charge in [0.2, 0.25) is 0 Å². The molecule has 54 heavy (non-hydrogen) atoms. The summed E-state index contributed by atoms with van der Waals surface area (Å²) in [7, 11) is -3.95. The summed E-state index contributed by atoms with van der Waals surface area (Å²) in [5, 5.41) is 18.9. The maximum absolute atomic E-state index is 14.8. The van der Waals surface area contributed by atoms with E-state index in [1.165, 1.54) is 70.4 Å². The van der Waals surface area contributed by atoms with E-state index in [-0.39, 0.29) is 5.75 Å². The number of hydrogen-bond acceptors (Lipinski definition) is 5. The molecular weight excluding hydrogens is 805 g/mol. The fourth-order valence-corrected chi connectivity index (χ4v) is 9.66. The fourth-order valence-electron chi connectivity index (χ4n) is 5.19. The van der Waals surface area contributed by atoms with E-state index in [1.807, 2.05) is 0 Å². The second-order valence-electron chi connectivity index (χ2n) is 12.8. The number of nitrogens with one attached hydrogen (secondary N) is 1. The van der Waals surface area contributed by atoms with Crippen molar-refractivity contribution in [3.05, 3.63) is 42.0 Å². The Hall–Kier alpha value is -2.86. The van der Waals surface area contributed by atoms with Crippen LogP contribution in [0.2, 0.25) is 17.1 Å². The van der Waals surface area contributed by atoms with Crippen LogP contribution in [0.1, 0.15) is 52.7 Å². The van der Waals surface area contributed by atoms with Gasteiger partial charge in [-0.15, -0.1) is 0 Å². The third-order valence-corrected chi connectivity index (χ3v) is 14.4. The first-order valence-electron chi connectivity index (χ1n) is 15.5. The number of amides is 1. The zero-order chi connectivity index (χ0) is 42.7. The lowest BCUT2D eigenvalue weighted by Gasteiger charge is -2.44. The van der Waals surface area contributed by atoms with Crippen LogP contribution in [-0.2, 0) is 9.22 Å². The van der Waals surface area contributed by atoms with Gasteiger partial charge in [0.05, 0.1) is 12.7 Å². The summed E-state index contributed by atoms with van der Waals surface area (Å²) in [6.45, 7) is 5.88. The minimum atomic E-state index is -8.68. The average molecular weight is 842 g/mol. The Morgan fingerprint density at radius 1 is 0.704 bits per heavy atom. The van der Waals surface area contributed by atoms with E-state index in [1.54, 1.807) is 0 Å². The third-order valence-electron chi connectivity index (χ3n) is 8.68. The van der Waals surface area contributed by atoms with Crippen molar-refractivity contribution >= 4 is 14.2 Å². The van der Waals surface area contributed by atoms with Crippen molar-refractivity contribution in [2.45, 2.75) is 112 Å². The van der Waals surface area contributed by atoms with E-state index in [9.17, 15) is 84.5 Å². The molecule has 0 aromatic heterocycles. The van der Waals surface area contributed by atoms with Gasteiger partial charge in [0.1, 0.15) is 12.4 Å². The van der Waals surface area contributed by atoms with Crippen molar-refractivity contribution in [2.24, 2.45) is 5.92 Å². The molecule has 0 aliphatic rings. The molecule has 0 fully saturated rings. The number of aliphatic hydroxyl groups is 1. The minimum Gasteiger partial charge on any atom is -0.491 e. The van der Waals surface area contributed by atoms with Crippen LogP contribution in [0.4, 0.5) is 74.6 Å². The number of aliphatic hydroxyl groups excluding tert-OH is 1. The second kappa shape index (κ2) is 16.7. The third kappa shape index (κ3) is 9.05. The van der Waals surface area contributed by atoms with Crippen LogP contribution in [0.15, 0.2) is 36.4 Å². The lowest BCUT2D eigenvalue weighted by molar-refractivity contribution is -0.461. The van der Waals surface area contributed by atoms with E-state index in [2.05, 4.69) is 0 Å². The maximum atomic E-state index is 14.8. The largest absolute Gasteiger partial charge is 0.491 e. The summed E-state index contributed by atoms with van der Waals surface area (Å²) < 4.78 is 245. The van der Waals surface area contributed by atoms with Crippen molar-refractivity contribution in [2.75, 3.05) is 13.2 Å². The molecule has 0 heterocycles. The molecule has 1 aromatic carbocycles. The zero-order valence-corrected chi connectivity index (χ0v) is 29.6. The summed E-state index contributed by atoms with van der Waals surface area (Å²) in [5.74, 6) is -58.1. The van der Waals surface area contributed by atoms with Gasteiger partial charge in [-0.3, -0.25) is 10.0 Å². The highest BCUT2D eigenvalue weighted by atomic mass is 28.4. The molecule has 24 heteroatoms. The minimum absolute atomic E-state index is 0.128. The molecule has 2 atom stereocenters. The number of carbonyl (C=O) groups excluding carboxylic acids is 1. The number of carbonyl (C=O) groups is 1. The predicted octanol–water partition coefficient (Wildman–Crippen LogP) is 9.98. The molecule has 0 aliphatic carbocycles. The van der Waals surface area contributed by atoms with E-state index >= 15 is 0 Å². The zero-order valence-electron chi connectivity index (χ0n) is 28.6. The molecule has 0 aliphatic heterocycles. The lowest BCUT2D eigenvalue weighted by Crippen LogP contribution is -2.74. The first kappa shape index (κ1) is 49.2. The molecule has 0 radical (unpaired) electrons. The van der Waals surface area contributed by atoms with Gasteiger partial charge < -0.3 is 14.3 Å². The highest BCUT2D eigenvalue weighted by Gasteiger charge is 2.95. The van der Waals surface area contributed by atoms with Crippen molar-refractivity contribution < 1.29 is 98.9 Å². The number of benzene rings is 1. The number of alkyl halides is 17. The summed E-state index contributed by atoms with van der Waals surface area (Å²) >= 11 is 0. The number of hydrogen-bond donors (Lipinski definition) is 3. The maximum Gasteiger partial charge on any atom is 0.460 e. The molecule has 3 N–H and O–H groups in total. The van der Waals surface area contributed by atoms with E-state index < -0.39 is 111 Å². The summed E-state index contributed by atoms with van der Waals surface area (Å²) in [5.41, 5.74) is -0.0305. The number of rotatable bonds is 20. The van der Waals surface area contributed by atoms with Crippen molar-refractivity contribution in [3.8, 4) is 5.75 Å². The Balaban J connectivity index is 3.23. The van der Waals surface area contributed by atoms with Crippen LogP contribution in [-0.4, -0.2) is 85.4 Å². The topological polar surface area (TPSA) is 88.0 Å². The van der Waals surface area contributed by atoms with E-state index in [4.69, 9.17) is 14.4 Å². The van der Waals surface area contributed by atoms with E-state index in [0.29, 0.717) is 5.56 Å². The van der Waals surface area contributed by atoms with Crippen LogP contribution >= 0.6 is 0 Å². The average Bonchev–Trinajstić information content (AvgIpc) is 3.05. The predicted molar refractivity (Wildman–Crippen MR) is 157 cm³/mol. The van der Waals surface area contributed by atoms with Gasteiger partial charge in [-0.25, -0.2) is 5.48 Å². The van der Waals surface area contributed by atoms with Gasteiger partial charge in [-0.2, -0.15) is 74.6 Å². The first-order valence-corrected chi connectivity index (χ1v) is 17.7. The summed E-state index contributed by atoms with van der Waals surface area (Å²) in [6, 6.07) is 4.20. The Morgan fingerprint density at radius 2 is 1.13 bits per heavy atom. The van der Waals surface area contributed by atoms with E-state index in [0.717, 1.165) is 6.08 Å². The van der Waals surface area contributed by atoms with Crippen LogP contribution in [0.3, 0.4) is 0 Å². The molecule has 0 saturated heterocycles. The Labute approximate surface area is 297 Å². The Kier molecular flexibility index (Phi) is 15.2. The highest BCUT2D eigenvalue weighted by molar-refractivity contribution is 6.76.